The lowest BCUT2D eigenvalue weighted by Gasteiger charge is -2.39. The van der Waals surface area contributed by atoms with Crippen molar-refractivity contribution in [3.63, 3.8) is 0 Å². The number of rotatable bonds is 6. The molecule has 162 valence electrons. The Morgan fingerprint density at radius 3 is 2.66 bits per heavy atom. The molecule has 1 fully saturated rings. The summed E-state index contributed by atoms with van der Waals surface area (Å²) in [4.78, 5) is 0. The van der Waals surface area contributed by atoms with Crippen LogP contribution in [0.3, 0.4) is 0 Å². The van der Waals surface area contributed by atoms with E-state index in [-0.39, 0.29) is 5.75 Å². The highest BCUT2D eigenvalue weighted by Crippen LogP contribution is 2.44. The molecule has 0 amide bonds. The lowest BCUT2D eigenvalue weighted by molar-refractivity contribution is -0.268. The van der Waals surface area contributed by atoms with Crippen LogP contribution in [0.25, 0.3) is 0 Å². The van der Waals surface area contributed by atoms with E-state index < -0.39 is 30.7 Å². The number of aliphatic hydroxyl groups excluding tert-OH is 3. The second kappa shape index (κ2) is 9.47. The molecule has 1 aliphatic carbocycles. The molecular weight excluding hydrogens is 372 g/mol. The fourth-order valence-corrected chi connectivity index (χ4v) is 4.36. The van der Waals surface area contributed by atoms with Gasteiger partial charge in [0.25, 0.3) is 0 Å². The fourth-order valence-electron chi connectivity index (χ4n) is 4.36. The molecule has 1 aromatic carbocycles. The van der Waals surface area contributed by atoms with Gasteiger partial charge >= 0.3 is 0 Å². The lowest BCUT2D eigenvalue weighted by Crippen LogP contribution is -2.58. The smallest absolute Gasteiger partial charge is 0.229 e. The predicted octanol–water partition coefficient (Wildman–Crippen LogP) is 3.15. The standard InChI is InChI=1S/C23H34O6/c1-13(2)7-4-5-8-15-9-6-10-17-16(15)11-12-18(24)22(17)29-23-21(27)20(26)19(25)14(3)28-23/h7,11-12,14-15,19-21,23-27H,4-6,8-10H2,1-3H3/t14-,15?,19+,20+,21-,23+/m1/s1. The first-order valence-electron chi connectivity index (χ1n) is 10.6. The predicted molar refractivity (Wildman–Crippen MR) is 110 cm³/mol. The van der Waals surface area contributed by atoms with E-state index in [0.717, 1.165) is 44.1 Å². The summed E-state index contributed by atoms with van der Waals surface area (Å²) in [7, 11) is 0. The van der Waals surface area contributed by atoms with E-state index in [1.165, 1.54) is 11.1 Å². The Morgan fingerprint density at radius 1 is 1.17 bits per heavy atom. The largest absolute Gasteiger partial charge is 0.504 e. The van der Waals surface area contributed by atoms with Crippen LogP contribution in [0, 0.1) is 0 Å². The van der Waals surface area contributed by atoms with E-state index in [2.05, 4.69) is 19.9 Å². The van der Waals surface area contributed by atoms with Crippen LogP contribution in [-0.2, 0) is 11.2 Å². The Kier molecular flexibility index (Phi) is 7.22. The molecule has 1 aliphatic heterocycles. The molecule has 1 aromatic rings. The zero-order chi connectivity index (χ0) is 21.1. The molecule has 2 aliphatic rings. The van der Waals surface area contributed by atoms with Crippen molar-refractivity contribution in [1.29, 1.82) is 0 Å². The molecule has 6 atom stereocenters. The minimum absolute atomic E-state index is 0.00185. The van der Waals surface area contributed by atoms with Crippen LogP contribution < -0.4 is 4.74 Å². The summed E-state index contributed by atoms with van der Waals surface area (Å²) in [6, 6.07) is 3.61. The number of hydrogen-bond acceptors (Lipinski definition) is 6. The summed E-state index contributed by atoms with van der Waals surface area (Å²) in [6.07, 6.45) is 2.61. The van der Waals surface area contributed by atoms with Gasteiger partial charge in [-0.3, -0.25) is 0 Å². The molecule has 0 saturated carbocycles. The maximum atomic E-state index is 10.4. The van der Waals surface area contributed by atoms with Gasteiger partial charge in [0.2, 0.25) is 6.29 Å². The van der Waals surface area contributed by atoms with Crippen molar-refractivity contribution in [3.05, 3.63) is 34.9 Å². The van der Waals surface area contributed by atoms with Crippen LogP contribution in [0.2, 0.25) is 0 Å². The molecule has 6 heteroatoms. The molecule has 0 bridgehead atoms. The fraction of sp³-hybridized carbons (Fsp3) is 0.652. The molecule has 0 aromatic heterocycles. The third kappa shape index (κ3) is 4.94. The molecule has 6 nitrogen and oxygen atoms in total. The second-order valence-corrected chi connectivity index (χ2v) is 8.58. The minimum atomic E-state index is -1.40. The first kappa shape index (κ1) is 22.1. The van der Waals surface area contributed by atoms with E-state index in [4.69, 9.17) is 9.47 Å². The van der Waals surface area contributed by atoms with Gasteiger partial charge in [-0.05, 0) is 76.8 Å². The average molecular weight is 407 g/mol. The van der Waals surface area contributed by atoms with Crippen molar-refractivity contribution >= 4 is 0 Å². The number of unbranched alkanes of at least 4 members (excludes halogenated alkanes) is 1. The summed E-state index contributed by atoms with van der Waals surface area (Å²) < 4.78 is 11.4. The van der Waals surface area contributed by atoms with Crippen molar-refractivity contribution in [2.24, 2.45) is 0 Å². The van der Waals surface area contributed by atoms with Gasteiger partial charge in [-0.1, -0.05) is 17.7 Å². The lowest BCUT2D eigenvalue weighted by atomic mass is 9.79. The van der Waals surface area contributed by atoms with Crippen LogP contribution >= 0.6 is 0 Å². The Hall–Kier alpha value is -1.60. The van der Waals surface area contributed by atoms with Crippen LogP contribution in [0.15, 0.2) is 23.8 Å². The summed E-state index contributed by atoms with van der Waals surface area (Å²) in [5.74, 6) is 0.727. The number of phenols is 1. The molecular formula is C23H34O6. The van der Waals surface area contributed by atoms with Gasteiger partial charge in [0, 0.05) is 5.56 Å². The summed E-state index contributed by atoms with van der Waals surface area (Å²) >= 11 is 0. The molecule has 1 heterocycles. The summed E-state index contributed by atoms with van der Waals surface area (Å²) in [5, 5.41) is 40.6. The van der Waals surface area contributed by atoms with Crippen LogP contribution in [0.5, 0.6) is 11.5 Å². The highest BCUT2D eigenvalue weighted by Gasteiger charge is 2.43. The Labute approximate surface area is 172 Å². The van der Waals surface area contributed by atoms with Gasteiger partial charge in [-0.25, -0.2) is 0 Å². The third-order valence-electron chi connectivity index (χ3n) is 6.05. The number of ether oxygens (including phenoxy) is 2. The highest BCUT2D eigenvalue weighted by molar-refractivity contribution is 5.52. The monoisotopic (exact) mass is 406 g/mol. The molecule has 3 rings (SSSR count). The zero-order valence-electron chi connectivity index (χ0n) is 17.5. The number of aliphatic hydroxyl groups is 3. The van der Waals surface area contributed by atoms with E-state index in [0.29, 0.717) is 11.7 Å². The van der Waals surface area contributed by atoms with E-state index in [1.54, 1.807) is 13.0 Å². The first-order chi connectivity index (χ1) is 13.8. The number of benzene rings is 1. The SMILES string of the molecule is CC(C)=CCCCC1CCCc2c1ccc(O)c2O[C@@H]1O[C@H](C)[C@H](O)[C@H](O)[C@H]1O. The van der Waals surface area contributed by atoms with Crippen molar-refractivity contribution in [2.45, 2.75) is 95.9 Å². The Morgan fingerprint density at radius 2 is 1.93 bits per heavy atom. The molecule has 1 unspecified atom stereocenters. The van der Waals surface area contributed by atoms with Crippen molar-refractivity contribution < 1.29 is 29.9 Å². The van der Waals surface area contributed by atoms with Gasteiger partial charge < -0.3 is 29.9 Å². The van der Waals surface area contributed by atoms with Gasteiger partial charge in [-0.2, -0.15) is 0 Å². The van der Waals surface area contributed by atoms with Gasteiger partial charge in [-0.15, -0.1) is 0 Å². The first-order valence-corrected chi connectivity index (χ1v) is 10.6. The highest BCUT2D eigenvalue weighted by atomic mass is 16.7. The zero-order valence-corrected chi connectivity index (χ0v) is 17.5. The van der Waals surface area contributed by atoms with Crippen molar-refractivity contribution in [2.75, 3.05) is 0 Å². The Balaban J connectivity index is 1.78. The van der Waals surface area contributed by atoms with Crippen molar-refractivity contribution in [3.8, 4) is 11.5 Å². The third-order valence-corrected chi connectivity index (χ3v) is 6.05. The van der Waals surface area contributed by atoms with Gasteiger partial charge in [0.1, 0.15) is 18.3 Å². The summed E-state index contributed by atoms with van der Waals surface area (Å²) in [5.41, 5.74) is 3.47. The molecule has 4 N–H and O–H groups in total. The van der Waals surface area contributed by atoms with E-state index in [1.807, 2.05) is 6.07 Å². The maximum absolute atomic E-state index is 10.4. The quantitative estimate of drug-likeness (QED) is 0.428. The number of allylic oxidation sites excluding steroid dienone is 2. The van der Waals surface area contributed by atoms with Crippen molar-refractivity contribution in [1.82, 2.24) is 0 Å². The molecule has 1 saturated heterocycles. The average Bonchev–Trinajstić information content (AvgIpc) is 2.69. The number of phenolic OH excluding ortho intramolecular Hbond substituents is 1. The number of fused-ring (bicyclic) bond motifs is 1. The van der Waals surface area contributed by atoms with Crippen LogP contribution in [0.1, 0.15) is 69.9 Å². The number of aromatic hydroxyl groups is 1. The second-order valence-electron chi connectivity index (χ2n) is 8.58. The van der Waals surface area contributed by atoms with Crippen LogP contribution in [-0.4, -0.2) is 51.1 Å². The minimum Gasteiger partial charge on any atom is -0.504 e. The molecule has 29 heavy (non-hydrogen) atoms. The topological polar surface area (TPSA) is 99.4 Å². The van der Waals surface area contributed by atoms with Crippen LogP contribution in [0.4, 0.5) is 0 Å². The van der Waals surface area contributed by atoms with E-state index in [9.17, 15) is 20.4 Å². The molecule has 0 radical (unpaired) electrons. The Bertz CT molecular complexity index is 726. The summed E-state index contributed by atoms with van der Waals surface area (Å²) in [6.45, 7) is 5.83. The molecule has 0 spiro atoms. The maximum Gasteiger partial charge on any atom is 0.229 e. The van der Waals surface area contributed by atoms with Gasteiger partial charge in [0.15, 0.2) is 11.5 Å². The normalized spacial score (nSPS) is 31.8. The van der Waals surface area contributed by atoms with Gasteiger partial charge in [0.05, 0.1) is 6.10 Å². The number of hydrogen-bond donors (Lipinski definition) is 4. The van der Waals surface area contributed by atoms with E-state index >= 15 is 0 Å².